The lowest BCUT2D eigenvalue weighted by molar-refractivity contribution is -0.121. The van der Waals surface area contributed by atoms with Crippen LogP contribution in [0.3, 0.4) is 0 Å². The SMILES string of the molecule is Cc1ocnc1C(=O)NC1CCC(NC(=O)CCc2nc3ccccc3[nH]2)C1. The molecule has 146 valence electrons. The number of oxazole rings is 1. The van der Waals surface area contributed by atoms with Crippen molar-refractivity contribution < 1.29 is 14.0 Å². The van der Waals surface area contributed by atoms with E-state index in [-0.39, 0.29) is 23.9 Å². The van der Waals surface area contributed by atoms with E-state index in [1.807, 2.05) is 24.3 Å². The second-order valence-corrected chi connectivity index (χ2v) is 7.21. The number of rotatable bonds is 6. The fourth-order valence-corrected chi connectivity index (χ4v) is 3.68. The molecule has 8 nitrogen and oxygen atoms in total. The Morgan fingerprint density at radius 3 is 2.75 bits per heavy atom. The van der Waals surface area contributed by atoms with Gasteiger partial charge in [-0.15, -0.1) is 0 Å². The molecule has 0 saturated heterocycles. The van der Waals surface area contributed by atoms with Crippen LogP contribution in [0, 0.1) is 6.92 Å². The molecule has 3 N–H and O–H groups in total. The first-order valence-corrected chi connectivity index (χ1v) is 9.52. The second-order valence-electron chi connectivity index (χ2n) is 7.21. The van der Waals surface area contributed by atoms with Gasteiger partial charge >= 0.3 is 0 Å². The lowest BCUT2D eigenvalue weighted by Gasteiger charge is -2.14. The summed E-state index contributed by atoms with van der Waals surface area (Å²) in [6, 6.07) is 7.92. The Labute approximate surface area is 162 Å². The average Bonchev–Trinajstić information content (AvgIpc) is 3.39. The maximum atomic E-state index is 12.3. The van der Waals surface area contributed by atoms with Crippen LogP contribution in [0.1, 0.15) is 47.8 Å². The minimum Gasteiger partial charge on any atom is -0.448 e. The molecule has 4 rings (SSSR count). The zero-order valence-electron chi connectivity index (χ0n) is 15.7. The fourth-order valence-electron chi connectivity index (χ4n) is 3.68. The largest absolute Gasteiger partial charge is 0.448 e. The highest BCUT2D eigenvalue weighted by atomic mass is 16.3. The number of aromatic nitrogens is 3. The summed E-state index contributed by atoms with van der Waals surface area (Å²) in [5.41, 5.74) is 2.21. The normalized spacial score (nSPS) is 19.0. The Hall–Kier alpha value is -3.16. The van der Waals surface area contributed by atoms with Crippen molar-refractivity contribution in [2.24, 2.45) is 0 Å². The van der Waals surface area contributed by atoms with Crippen molar-refractivity contribution in [3.8, 4) is 0 Å². The number of fused-ring (bicyclic) bond motifs is 1. The molecule has 3 aromatic rings. The van der Waals surface area contributed by atoms with Crippen molar-refractivity contribution in [1.82, 2.24) is 25.6 Å². The summed E-state index contributed by atoms with van der Waals surface area (Å²) in [5.74, 6) is 1.10. The molecule has 0 spiro atoms. The zero-order valence-corrected chi connectivity index (χ0v) is 15.7. The third-order valence-corrected chi connectivity index (χ3v) is 5.12. The molecule has 2 amide bonds. The van der Waals surface area contributed by atoms with Crippen LogP contribution in [-0.4, -0.2) is 38.8 Å². The number of hydrogen-bond acceptors (Lipinski definition) is 5. The molecule has 2 heterocycles. The van der Waals surface area contributed by atoms with E-state index in [1.165, 1.54) is 6.39 Å². The highest BCUT2D eigenvalue weighted by Crippen LogP contribution is 2.20. The summed E-state index contributed by atoms with van der Waals surface area (Å²) in [6.07, 6.45) is 4.61. The van der Waals surface area contributed by atoms with E-state index in [0.717, 1.165) is 36.1 Å². The van der Waals surface area contributed by atoms with E-state index in [1.54, 1.807) is 6.92 Å². The number of nitrogens with zero attached hydrogens (tertiary/aromatic N) is 2. The molecule has 2 atom stereocenters. The van der Waals surface area contributed by atoms with Gasteiger partial charge in [0.05, 0.1) is 11.0 Å². The molecule has 1 aliphatic rings. The Balaban J connectivity index is 1.23. The van der Waals surface area contributed by atoms with Gasteiger partial charge in [-0.2, -0.15) is 0 Å². The molecule has 1 aliphatic carbocycles. The molecule has 0 radical (unpaired) electrons. The lowest BCUT2D eigenvalue weighted by atomic mass is 10.2. The average molecular weight is 381 g/mol. The standard InChI is InChI=1S/C20H23N5O3/c1-12-19(21-11-28-12)20(27)23-14-7-6-13(10-14)22-18(26)9-8-17-24-15-4-2-3-5-16(15)25-17/h2-5,11,13-14H,6-10H2,1H3,(H,22,26)(H,23,27)(H,24,25). The number of hydrogen-bond donors (Lipinski definition) is 3. The number of nitrogens with one attached hydrogen (secondary N) is 3. The van der Waals surface area contributed by atoms with Gasteiger partial charge in [-0.3, -0.25) is 9.59 Å². The summed E-state index contributed by atoms with van der Waals surface area (Å²) < 4.78 is 5.07. The molecule has 0 bridgehead atoms. The van der Waals surface area contributed by atoms with Gasteiger partial charge in [-0.25, -0.2) is 9.97 Å². The van der Waals surface area contributed by atoms with E-state index in [4.69, 9.17) is 4.42 Å². The summed E-state index contributed by atoms with van der Waals surface area (Å²) in [4.78, 5) is 36.2. The van der Waals surface area contributed by atoms with Gasteiger partial charge in [-0.1, -0.05) is 12.1 Å². The van der Waals surface area contributed by atoms with Crippen LogP contribution in [0.4, 0.5) is 0 Å². The predicted octanol–water partition coefficient (Wildman–Crippen LogP) is 2.26. The molecule has 1 saturated carbocycles. The Kier molecular flexibility index (Phi) is 5.10. The van der Waals surface area contributed by atoms with Crippen molar-refractivity contribution >= 4 is 22.8 Å². The molecule has 8 heteroatoms. The van der Waals surface area contributed by atoms with E-state index in [9.17, 15) is 9.59 Å². The third kappa shape index (κ3) is 4.05. The van der Waals surface area contributed by atoms with Crippen LogP contribution < -0.4 is 10.6 Å². The first kappa shape index (κ1) is 18.2. The highest BCUT2D eigenvalue weighted by Gasteiger charge is 2.28. The maximum absolute atomic E-state index is 12.3. The van der Waals surface area contributed by atoms with Gasteiger partial charge < -0.3 is 20.0 Å². The number of imidazole rings is 1. The van der Waals surface area contributed by atoms with Crippen molar-refractivity contribution in [2.45, 2.75) is 51.1 Å². The summed E-state index contributed by atoms with van der Waals surface area (Å²) in [5, 5.41) is 6.04. The van der Waals surface area contributed by atoms with Crippen LogP contribution in [0.25, 0.3) is 11.0 Å². The maximum Gasteiger partial charge on any atom is 0.273 e. The van der Waals surface area contributed by atoms with Crippen LogP contribution >= 0.6 is 0 Å². The van der Waals surface area contributed by atoms with Gasteiger partial charge in [0.1, 0.15) is 11.6 Å². The number of carbonyl (C=O) groups is 2. The minimum atomic E-state index is -0.229. The number of para-hydroxylation sites is 2. The molecule has 2 unspecified atom stereocenters. The summed E-state index contributed by atoms with van der Waals surface area (Å²) >= 11 is 0. The second kappa shape index (κ2) is 7.84. The molecule has 0 aliphatic heterocycles. The minimum absolute atomic E-state index is 0.00442. The highest BCUT2D eigenvalue weighted by molar-refractivity contribution is 5.93. The van der Waals surface area contributed by atoms with E-state index < -0.39 is 0 Å². The predicted molar refractivity (Wildman–Crippen MR) is 103 cm³/mol. The van der Waals surface area contributed by atoms with Crippen LogP contribution in [0.15, 0.2) is 35.1 Å². The number of benzene rings is 1. The number of H-pyrrole nitrogens is 1. The first-order chi connectivity index (χ1) is 13.6. The zero-order chi connectivity index (χ0) is 19.5. The smallest absolute Gasteiger partial charge is 0.273 e. The van der Waals surface area contributed by atoms with Gasteiger partial charge in [0, 0.05) is 24.9 Å². The van der Waals surface area contributed by atoms with E-state index in [2.05, 4.69) is 25.6 Å². The number of aromatic amines is 1. The number of amides is 2. The first-order valence-electron chi connectivity index (χ1n) is 9.52. The van der Waals surface area contributed by atoms with Crippen LogP contribution in [0.2, 0.25) is 0 Å². The summed E-state index contributed by atoms with van der Waals surface area (Å²) in [7, 11) is 0. The van der Waals surface area contributed by atoms with Crippen molar-refractivity contribution in [2.75, 3.05) is 0 Å². The Morgan fingerprint density at radius 2 is 2.00 bits per heavy atom. The third-order valence-electron chi connectivity index (χ3n) is 5.12. The Morgan fingerprint density at radius 1 is 1.21 bits per heavy atom. The fraction of sp³-hybridized carbons (Fsp3) is 0.400. The topological polar surface area (TPSA) is 113 Å². The van der Waals surface area contributed by atoms with E-state index in [0.29, 0.717) is 24.3 Å². The molecule has 1 aromatic carbocycles. The van der Waals surface area contributed by atoms with E-state index >= 15 is 0 Å². The molecular weight excluding hydrogens is 358 g/mol. The number of aryl methyl sites for hydroxylation is 2. The van der Waals surface area contributed by atoms with Gasteiger partial charge in [0.15, 0.2) is 12.1 Å². The monoisotopic (exact) mass is 381 g/mol. The van der Waals surface area contributed by atoms with Crippen LogP contribution in [0.5, 0.6) is 0 Å². The van der Waals surface area contributed by atoms with Crippen LogP contribution in [-0.2, 0) is 11.2 Å². The molecule has 28 heavy (non-hydrogen) atoms. The van der Waals surface area contributed by atoms with Crippen molar-refractivity contribution in [3.05, 3.63) is 47.9 Å². The molecular formula is C20H23N5O3. The van der Waals surface area contributed by atoms with Gasteiger partial charge in [0.25, 0.3) is 5.91 Å². The quantitative estimate of drug-likeness (QED) is 0.606. The van der Waals surface area contributed by atoms with Gasteiger partial charge in [0.2, 0.25) is 5.91 Å². The van der Waals surface area contributed by atoms with Gasteiger partial charge in [-0.05, 0) is 38.3 Å². The molecule has 2 aromatic heterocycles. The van der Waals surface area contributed by atoms with Crippen molar-refractivity contribution in [3.63, 3.8) is 0 Å². The number of carbonyl (C=O) groups excluding carboxylic acids is 2. The summed E-state index contributed by atoms with van der Waals surface area (Å²) in [6.45, 7) is 1.71. The Bertz CT molecular complexity index is 960. The lowest BCUT2D eigenvalue weighted by Crippen LogP contribution is -2.37. The van der Waals surface area contributed by atoms with Crippen molar-refractivity contribution in [1.29, 1.82) is 0 Å². The molecule has 1 fully saturated rings.